The van der Waals surface area contributed by atoms with Crippen molar-refractivity contribution in [1.82, 2.24) is 5.43 Å². The first-order chi connectivity index (χ1) is 9.63. The highest BCUT2D eigenvalue weighted by molar-refractivity contribution is 9.10. The molecule has 0 aromatic heterocycles. The molecule has 20 heavy (non-hydrogen) atoms. The zero-order chi connectivity index (χ0) is 14.4. The summed E-state index contributed by atoms with van der Waals surface area (Å²) in [4.78, 5) is 0. The number of hydrogen-bond donors (Lipinski definition) is 2. The first-order valence-corrected chi connectivity index (χ1v) is 6.95. The van der Waals surface area contributed by atoms with Crippen molar-refractivity contribution in [2.45, 2.75) is 0 Å². The second kappa shape index (κ2) is 7.12. The van der Waals surface area contributed by atoms with E-state index in [9.17, 15) is 4.39 Å². The largest absolute Gasteiger partial charge is 0.331 e. The third kappa shape index (κ3) is 4.71. The number of rotatable bonds is 3. The van der Waals surface area contributed by atoms with Crippen molar-refractivity contribution in [3.05, 3.63) is 64.4 Å². The number of anilines is 1. The van der Waals surface area contributed by atoms with Crippen LogP contribution in [0.4, 0.5) is 10.1 Å². The highest BCUT2D eigenvalue weighted by atomic mass is 79.9. The van der Waals surface area contributed by atoms with Gasteiger partial charge in [0.05, 0.1) is 6.21 Å². The van der Waals surface area contributed by atoms with Gasteiger partial charge in [-0.05, 0) is 54.2 Å². The van der Waals surface area contributed by atoms with Crippen LogP contribution in [0.25, 0.3) is 0 Å². The summed E-state index contributed by atoms with van der Waals surface area (Å²) in [7, 11) is 0. The smallest absolute Gasteiger partial charge is 0.191 e. The topological polar surface area (TPSA) is 36.4 Å². The second-order valence-corrected chi connectivity index (χ2v) is 5.21. The van der Waals surface area contributed by atoms with Crippen LogP contribution in [-0.2, 0) is 0 Å². The van der Waals surface area contributed by atoms with Crippen LogP contribution in [0.2, 0.25) is 0 Å². The van der Waals surface area contributed by atoms with Gasteiger partial charge in [-0.3, -0.25) is 5.43 Å². The molecular formula is C14H11BrFN3S. The van der Waals surface area contributed by atoms with E-state index in [-0.39, 0.29) is 5.82 Å². The van der Waals surface area contributed by atoms with Crippen LogP contribution >= 0.6 is 28.1 Å². The van der Waals surface area contributed by atoms with Crippen LogP contribution < -0.4 is 10.7 Å². The fraction of sp³-hybridized carbons (Fsp3) is 0. The van der Waals surface area contributed by atoms with Crippen molar-refractivity contribution >= 4 is 45.2 Å². The molecule has 0 saturated heterocycles. The molecule has 6 heteroatoms. The van der Waals surface area contributed by atoms with Crippen LogP contribution in [0.1, 0.15) is 5.56 Å². The summed E-state index contributed by atoms with van der Waals surface area (Å²) < 4.78 is 13.8. The molecule has 102 valence electrons. The van der Waals surface area contributed by atoms with Gasteiger partial charge in [-0.1, -0.05) is 28.1 Å². The van der Waals surface area contributed by atoms with Gasteiger partial charge in [-0.2, -0.15) is 5.10 Å². The zero-order valence-corrected chi connectivity index (χ0v) is 12.7. The van der Waals surface area contributed by atoms with E-state index in [0.717, 1.165) is 10.0 Å². The Morgan fingerprint density at radius 1 is 1.10 bits per heavy atom. The summed E-state index contributed by atoms with van der Waals surface area (Å²) in [5.41, 5.74) is 4.34. The predicted octanol–water partition coefficient (Wildman–Crippen LogP) is 3.91. The lowest BCUT2D eigenvalue weighted by atomic mass is 10.2. The SMILES string of the molecule is Fc1ccc(NC(=S)N/N=C\c2ccc(Br)cc2)cc1. The van der Waals surface area contributed by atoms with Crippen molar-refractivity contribution in [2.24, 2.45) is 5.10 Å². The molecule has 2 rings (SSSR count). The summed E-state index contributed by atoms with van der Waals surface area (Å²) in [6.45, 7) is 0. The predicted molar refractivity (Wildman–Crippen MR) is 87.5 cm³/mol. The average molecular weight is 352 g/mol. The second-order valence-electron chi connectivity index (χ2n) is 3.88. The molecule has 0 aliphatic rings. The molecule has 2 aromatic carbocycles. The molecule has 0 aliphatic heterocycles. The molecular weight excluding hydrogens is 341 g/mol. The molecule has 0 aliphatic carbocycles. The first kappa shape index (κ1) is 14.6. The molecule has 2 aromatic rings. The number of hydrogen-bond acceptors (Lipinski definition) is 2. The van der Waals surface area contributed by atoms with E-state index in [0.29, 0.717) is 10.8 Å². The Kier molecular flexibility index (Phi) is 5.20. The Morgan fingerprint density at radius 2 is 1.75 bits per heavy atom. The maximum Gasteiger partial charge on any atom is 0.191 e. The molecule has 0 atom stereocenters. The summed E-state index contributed by atoms with van der Waals surface area (Å²) >= 11 is 8.43. The van der Waals surface area contributed by atoms with Gasteiger partial charge in [0.1, 0.15) is 5.82 Å². The number of nitrogens with one attached hydrogen (secondary N) is 2. The van der Waals surface area contributed by atoms with Gasteiger partial charge >= 0.3 is 0 Å². The van der Waals surface area contributed by atoms with Crippen LogP contribution in [0.5, 0.6) is 0 Å². The van der Waals surface area contributed by atoms with Gasteiger partial charge in [-0.15, -0.1) is 0 Å². The fourth-order valence-corrected chi connectivity index (χ4v) is 1.84. The number of hydrazone groups is 1. The van der Waals surface area contributed by atoms with E-state index in [1.165, 1.54) is 12.1 Å². The number of nitrogens with zero attached hydrogens (tertiary/aromatic N) is 1. The van der Waals surface area contributed by atoms with Crippen LogP contribution in [0, 0.1) is 5.82 Å². The minimum Gasteiger partial charge on any atom is -0.331 e. The maximum absolute atomic E-state index is 12.7. The molecule has 0 amide bonds. The Hall–Kier alpha value is -1.79. The highest BCUT2D eigenvalue weighted by Gasteiger charge is 1.96. The van der Waals surface area contributed by atoms with Crippen molar-refractivity contribution in [1.29, 1.82) is 0 Å². The number of halogens is 2. The van der Waals surface area contributed by atoms with Gasteiger partial charge in [0, 0.05) is 10.2 Å². The van der Waals surface area contributed by atoms with Gasteiger partial charge in [0.25, 0.3) is 0 Å². The van der Waals surface area contributed by atoms with Crippen molar-refractivity contribution in [3.8, 4) is 0 Å². The molecule has 2 N–H and O–H groups in total. The molecule has 0 unspecified atom stereocenters. The monoisotopic (exact) mass is 351 g/mol. The fourth-order valence-electron chi connectivity index (χ4n) is 1.41. The average Bonchev–Trinajstić information content (AvgIpc) is 2.44. The van der Waals surface area contributed by atoms with Crippen molar-refractivity contribution < 1.29 is 4.39 Å². The maximum atomic E-state index is 12.7. The molecule has 0 saturated carbocycles. The van der Waals surface area contributed by atoms with E-state index in [1.807, 2.05) is 24.3 Å². The lowest BCUT2D eigenvalue weighted by molar-refractivity contribution is 0.628. The molecule has 3 nitrogen and oxygen atoms in total. The Morgan fingerprint density at radius 3 is 2.40 bits per heavy atom. The van der Waals surface area contributed by atoms with Gasteiger partial charge in [0.2, 0.25) is 0 Å². The van der Waals surface area contributed by atoms with Crippen molar-refractivity contribution in [3.63, 3.8) is 0 Å². The normalized spacial score (nSPS) is 10.5. The minimum absolute atomic E-state index is 0.289. The Bertz CT molecular complexity index is 611. The molecule has 0 bridgehead atoms. The van der Waals surface area contributed by atoms with Crippen molar-refractivity contribution in [2.75, 3.05) is 5.32 Å². The third-order valence-electron chi connectivity index (χ3n) is 2.35. The van der Waals surface area contributed by atoms with Crippen LogP contribution in [-0.4, -0.2) is 11.3 Å². The first-order valence-electron chi connectivity index (χ1n) is 5.75. The lowest BCUT2D eigenvalue weighted by Gasteiger charge is -2.06. The van der Waals surface area contributed by atoms with E-state index in [1.54, 1.807) is 18.3 Å². The summed E-state index contributed by atoms with van der Waals surface area (Å²) in [6, 6.07) is 13.6. The third-order valence-corrected chi connectivity index (χ3v) is 3.07. The Balaban J connectivity index is 1.85. The summed E-state index contributed by atoms with van der Waals surface area (Å²) in [5.74, 6) is -0.289. The Labute approximate surface area is 130 Å². The summed E-state index contributed by atoms with van der Waals surface area (Å²) in [6.07, 6.45) is 1.66. The molecule has 0 radical (unpaired) electrons. The zero-order valence-electron chi connectivity index (χ0n) is 10.3. The number of thiocarbonyl (C=S) groups is 1. The van der Waals surface area contributed by atoms with Gasteiger partial charge < -0.3 is 5.32 Å². The molecule has 0 heterocycles. The quantitative estimate of drug-likeness (QED) is 0.500. The van der Waals surface area contributed by atoms with E-state index in [4.69, 9.17) is 12.2 Å². The molecule has 0 spiro atoms. The minimum atomic E-state index is -0.289. The van der Waals surface area contributed by atoms with E-state index < -0.39 is 0 Å². The number of benzene rings is 2. The van der Waals surface area contributed by atoms with E-state index in [2.05, 4.69) is 31.8 Å². The highest BCUT2D eigenvalue weighted by Crippen LogP contribution is 2.09. The van der Waals surface area contributed by atoms with Crippen LogP contribution in [0.15, 0.2) is 58.1 Å². The lowest BCUT2D eigenvalue weighted by Crippen LogP contribution is -2.23. The van der Waals surface area contributed by atoms with E-state index >= 15 is 0 Å². The van der Waals surface area contributed by atoms with Crippen LogP contribution in [0.3, 0.4) is 0 Å². The standard InChI is InChI=1S/C14H11BrFN3S/c15-11-3-1-10(2-4-11)9-17-19-14(20)18-13-7-5-12(16)6-8-13/h1-9H,(H2,18,19,20)/b17-9-. The molecule has 0 fully saturated rings. The summed E-state index contributed by atoms with van der Waals surface area (Å²) in [5, 5.41) is 7.25. The van der Waals surface area contributed by atoms with Gasteiger partial charge in [0.15, 0.2) is 5.11 Å². The van der Waals surface area contributed by atoms with Gasteiger partial charge in [-0.25, -0.2) is 4.39 Å².